The lowest BCUT2D eigenvalue weighted by atomic mass is 10.0. The highest BCUT2D eigenvalue weighted by atomic mass is 16.7. The smallest absolute Gasteiger partial charge is 0.407 e. The quantitative estimate of drug-likeness (QED) is 0.824. The van der Waals surface area contributed by atoms with Gasteiger partial charge in [0.2, 0.25) is 5.79 Å². The van der Waals surface area contributed by atoms with Gasteiger partial charge in [-0.3, -0.25) is 0 Å². The molecular weight excluding hydrogens is 338 g/mol. The topological polar surface area (TPSA) is 83.1 Å². The summed E-state index contributed by atoms with van der Waals surface area (Å²) in [7, 11) is 1.53. The zero-order chi connectivity index (χ0) is 19.5. The minimum atomic E-state index is -1.05. The van der Waals surface area contributed by atoms with E-state index in [1.807, 2.05) is 0 Å². The van der Waals surface area contributed by atoms with Crippen LogP contribution in [0.15, 0.2) is 18.2 Å². The molecular formula is C19H25NO6. The van der Waals surface area contributed by atoms with Crippen molar-refractivity contribution in [1.29, 1.82) is 0 Å². The summed E-state index contributed by atoms with van der Waals surface area (Å²) >= 11 is 0. The van der Waals surface area contributed by atoms with Crippen LogP contribution >= 0.6 is 0 Å². The summed E-state index contributed by atoms with van der Waals surface area (Å²) in [4.78, 5) is 24.0. The fraction of sp³-hybridized carbons (Fsp3) is 0.474. The average molecular weight is 363 g/mol. The number of ether oxygens (including phenoxy) is 4. The van der Waals surface area contributed by atoms with Crippen molar-refractivity contribution in [1.82, 2.24) is 5.32 Å². The molecule has 142 valence electrons. The Hall–Kier alpha value is -2.70. The van der Waals surface area contributed by atoms with E-state index in [-0.39, 0.29) is 6.54 Å². The molecule has 2 rings (SSSR count). The summed E-state index contributed by atoms with van der Waals surface area (Å²) in [5.74, 6) is -0.576. The number of hydrogen-bond donors (Lipinski definition) is 1. The minimum Gasteiger partial charge on any atom is -0.497 e. The Morgan fingerprint density at radius 1 is 1.27 bits per heavy atom. The van der Waals surface area contributed by atoms with Crippen molar-refractivity contribution in [3.63, 3.8) is 0 Å². The molecule has 0 fully saturated rings. The molecule has 1 aromatic carbocycles. The van der Waals surface area contributed by atoms with Crippen LogP contribution in [0.5, 0.6) is 11.5 Å². The van der Waals surface area contributed by atoms with Gasteiger partial charge >= 0.3 is 12.1 Å². The number of cyclic esters (lactones) is 1. The molecule has 7 heteroatoms. The highest BCUT2D eigenvalue weighted by Gasteiger charge is 2.35. The van der Waals surface area contributed by atoms with Crippen LogP contribution in [0.3, 0.4) is 0 Å². The lowest BCUT2D eigenvalue weighted by Gasteiger charge is -2.32. The van der Waals surface area contributed by atoms with E-state index in [2.05, 4.69) is 5.32 Å². The van der Waals surface area contributed by atoms with E-state index in [0.29, 0.717) is 22.6 Å². The number of methoxy groups -OCH3 is 1. The first-order valence-electron chi connectivity index (χ1n) is 8.28. The number of nitrogens with one attached hydrogen (secondary N) is 1. The zero-order valence-electron chi connectivity index (χ0n) is 16.0. The number of carbonyl (C=O) groups excluding carboxylic acids is 2. The predicted molar refractivity (Wildman–Crippen MR) is 96.4 cm³/mol. The summed E-state index contributed by atoms with van der Waals surface area (Å²) in [5.41, 5.74) is 0.331. The summed E-state index contributed by atoms with van der Waals surface area (Å²) in [5, 5.41) is 2.62. The Bertz CT molecular complexity index is 730. The van der Waals surface area contributed by atoms with Crippen LogP contribution in [0.2, 0.25) is 0 Å². The molecule has 1 N–H and O–H groups in total. The van der Waals surface area contributed by atoms with Crippen LogP contribution in [-0.4, -0.2) is 37.1 Å². The predicted octanol–water partition coefficient (Wildman–Crippen LogP) is 3.52. The van der Waals surface area contributed by atoms with Gasteiger partial charge in [0.1, 0.15) is 22.7 Å². The van der Waals surface area contributed by atoms with Gasteiger partial charge in [0.25, 0.3) is 0 Å². The molecule has 1 aliphatic heterocycles. The second-order valence-electron chi connectivity index (χ2n) is 7.27. The number of alkyl carbamates (subject to hydrolysis) is 1. The molecule has 0 atom stereocenters. The molecule has 0 radical (unpaired) electrons. The van der Waals surface area contributed by atoms with Gasteiger partial charge < -0.3 is 24.3 Å². The molecule has 0 spiro atoms. The van der Waals surface area contributed by atoms with Crippen molar-refractivity contribution in [2.75, 3.05) is 13.7 Å². The van der Waals surface area contributed by atoms with Crippen LogP contribution in [0, 0.1) is 0 Å². The lowest BCUT2D eigenvalue weighted by Crippen LogP contribution is -2.39. The van der Waals surface area contributed by atoms with Crippen molar-refractivity contribution in [2.24, 2.45) is 0 Å². The van der Waals surface area contributed by atoms with Gasteiger partial charge in [0.05, 0.1) is 7.11 Å². The Labute approximate surface area is 153 Å². The monoisotopic (exact) mass is 363 g/mol. The molecule has 0 aliphatic carbocycles. The maximum atomic E-state index is 12.4. The normalized spacial score (nSPS) is 15.7. The van der Waals surface area contributed by atoms with Crippen molar-refractivity contribution in [3.8, 4) is 11.5 Å². The van der Waals surface area contributed by atoms with Crippen molar-refractivity contribution < 1.29 is 28.5 Å². The van der Waals surface area contributed by atoms with E-state index in [4.69, 9.17) is 18.9 Å². The molecule has 1 heterocycles. The van der Waals surface area contributed by atoms with Gasteiger partial charge in [-0.1, -0.05) is 12.2 Å². The molecule has 0 unspecified atom stereocenters. The highest BCUT2D eigenvalue weighted by molar-refractivity contribution is 5.98. The molecule has 0 aromatic heterocycles. The van der Waals surface area contributed by atoms with Crippen molar-refractivity contribution >= 4 is 18.1 Å². The molecule has 0 saturated heterocycles. The summed E-state index contributed by atoms with van der Waals surface area (Å²) in [6, 6.07) is 3.35. The van der Waals surface area contributed by atoms with Gasteiger partial charge in [-0.05, 0) is 32.4 Å². The number of fused-ring (bicyclic) bond motifs is 1. The van der Waals surface area contributed by atoms with Gasteiger partial charge in [0, 0.05) is 26.5 Å². The van der Waals surface area contributed by atoms with Crippen molar-refractivity contribution in [3.05, 3.63) is 29.3 Å². The third kappa shape index (κ3) is 5.15. The Balaban J connectivity index is 2.17. The van der Waals surface area contributed by atoms with Crippen molar-refractivity contribution in [2.45, 2.75) is 46.0 Å². The molecule has 1 amide bonds. The second kappa shape index (κ2) is 7.27. The first-order chi connectivity index (χ1) is 12.0. The third-order valence-corrected chi connectivity index (χ3v) is 3.30. The first-order valence-corrected chi connectivity index (χ1v) is 8.28. The molecule has 7 nitrogen and oxygen atoms in total. The van der Waals surface area contributed by atoms with Gasteiger partial charge in [-0.2, -0.15) is 0 Å². The number of esters is 1. The SMILES string of the molecule is COc1cc(C=CCNC(=O)OC(C)(C)C)c2c(c1)OC(C)(C)OC2=O. The molecule has 26 heavy (non-hydrogen) atoms. The molecule has 1 aliphatic rings. The molecule has 1 aromatic rings. The van der Waals surface area contributed by atoms with Crippen LogP contribution in [0.1, 0.15) is 50.5 Å². The van der Waals surface area contributed by atoms with Gasteiger partial charge in [0.15, 0.2) is 0 Å². The number of amides is 1. The average Bonchev–Trinajstić information content (AvgIpc) is 2.47. The van der Waals surface area contributed by atoms with Crippen LogP contribution in [0.4, 0.5) is 4.79 Å². The summed E-state index contributed by atoms with van der Waals surface area (Å²) < 4.78 is 21.4. The molecule has 0 bridgehead atoms. The lowest BCUT2D eigenvalue weighted by molar-refractivity contribution is -0.127. The number of carbonyl (C=O) groups is 2. The van der Waals surface area contributed by atoms with Crippen LogP contribution in [0.25, 0.3) is 6.08 Å². The zero-order valence-corrected chi connectivity index (χ0v) is 16.0. The fourth-order valence-electron chi connectivity index (χ4n) is 2.36. The fourth-order valence-corrected chi connectivity index (χ4v) is 2.36. The van der Waals surface area contributed by atoms with E-state index >= 15 is 0 Å². The summed E-state index contributed by atoms with van der Waals surface area (Å²) in [6.07, 6.45) is 2.88. The molecule has 0 saturated carbocycles. The van der Waals surface area contributed by atoms with E-state index in [1.54, 1.807) is 58.9 Å². The van der Waals surface area contributed by atoms with Gasteiger partial charge in [-0.15, -0.1) is 0 Å². The minimum absolute atomic E-state index is 0.238. The van der Waals surface area contributed by atoms with E-state index in [9.17, 15) is 9.59 Å². The Morgan fingerprint density at radius 3 is 2.58 bits per heavy atom. The van der Waals surface area contributed by atoms with E-state index < -0.39 is 23.5 Å². The Kier molecular flexibility index (Phi) is 5.49. The Morgan fingerprint density at radius 2 is 1.96 bits per heavy atom. The largest absolute Gasteiger partial charge is 0.497 e. The standard InChI is InChI=1S/C19H25NO6/c1-18(2,3)26-17(22)20-9-7-8-12-10-13(23-6)11-14-15(12)16(21)25-19(4,5)24-14/h7-8,10-11H,9H2,1-6H3,(H,20,22). The number of benzene rings is 1. The van der Waals surface area contributed by atoms with E-state index in [0.717, 1.165) is 0 Å². The van der Waals surface area contributed by atoms with Crippen LogP contribution < -0.4 is 14.8 Å². The highest BCUT2D eigenvalue weighted by Crippen LogP contribution is 2.37. The van der Waals surface area contributed by atoms with E-state index in [1.165, 1.54) is 7.11 Å². The second-order valence-corrected chi connectivity index (χ2v) is 7.27. The number of rotatable bonds is 4. The maximum Gasteiger partial charge on any atom is 0.407 e. The first kappa shape index (κ1) is 19.6. The van der Waals surface area contributed by atoms with Gasteiger partial charge in [-0.25, -0.2) is 9.59 Å². The van der Waals surface area contributed by atoms with Crippen LogP contribution in [-0.2, 0) is 9.47 Å². The summed E-state index contributed by atoms with van der Waals surface area (Å²) in [6.45, 7) is 8.93. The maximum absolute atomic E-state index is 12.4. The third-order valence-electron chi connectivity index (χ3n) is 3.30. The number of hydrogen-bond acceptors (Lipinski definition) is 6.